The molecule has 0 saturated heterocycles. The van der Waals surface area contributed by atoms with E-state index in [-0.39, 0.29) is 0 Å². The number of benzene rings is 3. The second-order valence-electron chi connectivity index (χ2n) is 6.89. The minimum absolute atomic E-state index is 0.550. The first-order valence-electron chi connectivity index (χ1n) is 9.27. The highest BCUT2D eigenvalue weighted by Crippen LogP contribution is 2.31. The van der Waals surface area contributed by atoms with Crippen LogP contribution < -0.4 is 0 Å². The Morgan fingerprint density at radius 2 is 1.69 bits per heavy atom. The summed E-state index contributed by atoms with van der Waals surface area (Å²) in [7, 11) is 0. The largest absolute Gasteiger partial charge is 0.340 e. The molecule has 4 heteroatoms. The van der Waals surface area contributed by atoms with Crippen LogP contribution >= 0.6 is 23.2 Å². The van der Waals surface area contributed by atoms with E-state index in [0.29, 0.717) is 22.2 Å². The van der Waals surface area contributed by atoms with Gasteiger partial charge in [-0.3, -0.25) is 0 Å². The maximum Gasteiger partial charge on any atom is 0.0998 e. The molecule has 1 heterocycles. The quantitative estimate of drug-likeness (QED) is 0.319. The van der Waals surface area contributed by atoms with E-state index in [1.54, 1.807) is 0 Å². The van der Waals surface area contributed by atoms with Gasteiger partial charge in [-0.25, -0.2) is 0 Å². The van der Waals surface area contributed by atoms with Gasteiger partial charge in [0.15, 0.2) is 0 Å². The molecular formula is C25H18Cl2N2. The van der Waals surface area contributed by atoms with E-state index in [2.05, 4.69) is 29.7 Å². The lowest BCUT2D eigenvalue weighted by atomic mass is 10.0. The Kier molecular flexibility index (Phi) is 5.45. The molecule has 0 aliphatic carbocycles. The van der Waals surface area contributed by atoms with Crippen molar-refractivity contribution in [1.82, 2.24) is 4.57 Å². The number of nitriles is 1. The molecule has 0 spiro atoms. The second kappa shape index (κ2) is 8.17. The van der Waals surface area contributed by atoms with Crippen molar-refractivity contribution < 1.29 is 0 Å². The number of hydrogen-bond donors (Lipinski definition) is 0. The molecule has 4 rings (SSSR count). The second-order valence-corrected chi connectivity index (χ2v) is 7.70. The number of hydrogen-bond acceptors (Lipinski definition) is 1. The van der Waals surface area contributed by atoms with Crippen molar-refractivity contribution in [2.45, 2.75) is 13.5 Å². The van der Waals surface area contributed by atoms with Crippen LogP contribution in [-0.4, -0.2) is 4.57 Å². The predicted molar refractivity (Wildman–Crippen MR) is 122 cm³/mol. The third kappa shape index (κ3) is 3.80. The Labute approximate surface area is 180 Å². The van der Waals surface area contributed by atoms with Crippen LogP contribution in [0.15, 0.2) is 72.8 Å². The standard InChI is InChI=1S/C25H18Cl2N2/c1-17-22(14-20(15-28)19-7-3-2-4-8-19)21-9-5-6-10-25(21)29(17)16-18-11-12-23(26)24(27)13-18/h2-14H,16H2,1H3/b20-14+. The van der Waals surface area contributed by atoms with Crippen molar-refractivity contribution in [1.29, 1.82) is 5.26 Å². The number of nitrogens with zero attached hydrogens (tertiary/aromatic N) is 2. The van der Waals surface area contributed by atoms with Gasteiger partial charge in [0, 0.05) is 28.7 Å². The summed E-state index contributed by atoms with van der Waals surface area (Å²) in [5.41, 5.74) is 5.90. The molecule has 4 aromatic rings. The Bertz CT molecular complexity index is 1260. The van der Waals surface area contributed by atoms with Crippen LogP contribution in [0.1, 0.15) is 22.4 Å². The van der Waals surface area contributed by atoms with E-state index in [1.807, 2.05) is 66.7 Å². The fourth-order valence-electron chi connectivity index (χ4n) is 3.61. The molecule has 0 amide bonds. The monoisotopic (exact) mass is 416 g/mol. The van der Waals surface area contributed by atoms with Crippen LogP contribution in [0.3, 0.4) is 0 Å². The summed E-state index contributed by atoms with van der Waals surface area (Å²) in [5, 5.41) is 12.0. The first kappa shape index (κ1) is 19.3. The van der Waals surface area contributed by atoms with Gasteiger partial charge in [0.05, 0.1) is 21.7 Å². The van der Waals surface area contributed by atoms with E-state index in [4.69, 9.17) is 23.2 Å². The van der Waals surface area contributed by atoms with Gasteiger partial charge in [0.1, 0.15) is 0 Å². The summed E-state index contributed by atoms with van der Waals surface area (Å²) in [6.07, 6.45) is 1.98. The maximum atomic E-state index is 9.75. The van der Waals surface area contributed by atoms with Crippen molar-refractivity contribution in [3.8, 4) is 6.07 Å². The zero-order valence-electron chi connectivity index (χ0n) is 15.9. The SMILES string of the molecule is Cc1c(/C=C(\C#N)c2ccccc2)c2ccccc2n1Cc1ccc(Cl)c(Cl)c1. The minimum atomic E-state index is 0.550. The molecule has 0 unspecified atom stereocenters. The number of halogens is 2. The molecule has 0 aliphatic rings. The fourth-order valence-corrected chi connectivity index (χ4v) is 3.93. The molecule has 0 atom stereocenters. The Hall–Kier alpha value is -2.99. The van der Waals surface area contributed by atoms with E-state index in [1.165, 1.54) is 0 Å². The third-order valence-corrected chi connectivity index (χ3v) is 5.84. The average molecular weight is 417 g/mol. The van der Waals surface area contributed by atoms with Crippen LogP contribution in [0.25, 0.3) is 22.6 Å². The first-order chi connectivity index (χ1) is 14.1. The molecule has 142 valence electrons. The Morgan fingerprint density at radius 3 is 2.41 bits per heavy atom. The summed E-state index contributed by atoms with van der Waals surface area (Å²) < 4.78 is 2.25. The van der Waals surface area contributed by atoms with Crippen molar-refractivity contribution in [3.63, 3.8) is 0 Å². The summed E-state index contributed by atoms with van der Waals surface area (Å²) in [5.74, 6) is 0. The molecule has 3 aromatic carbocycles. The van der Waals surface area contributed by atoms with Gasteiger partial charge in [-0.05, 0) is 42.3 Å². The van der Waals surface area contributed by atoms with Gasteiger partial charge >= 0.3 is 0 Å². The topological polar surface area (TPSA) is 28.7 Å². The van der Waals surface area contributed by atoms with E-state index >= 15 is 0 Å². The smallest absolute Gasteiger partial charge is 0.0998 e. The maximum absolute atomic E-state index is 9.75. The van der Waals surface area contributed by atoms with Crippen LogP contribution in [-0.2, 0) is 6.54 Å². The number of fused-ring (bicyclic) bond motifs is 1. The van der Waals surface area contributed by atoms with Crippen LogP contribution in [0.2, 0.25) is 10.0 Å². The summed E-state index contributed by atoms with van der Waals surface area (Å²) in [4.78, 5) is 0. The summed E-state index contributed by atoms with van der Waals surface area (Å²) in [6, 6.07) is 26.1. The molecule has 0 saturated carbocycles. The number of allylic oxidation sites excluding steroid dienone is 1. The van der Waals surface area contributed by atoms with Crippen molar-refractivity contribution in [3.05, 3.63) is 105 Å². The van der Waals surface area contributed by atoms with Gasteiger partial charge in [-0.2, -0.15) is 5.26 Å². The van der Waals surface area contributed by atoms with Gasteiger partial charge in [0.25, 0.3) is 0 Å². The molecular weight excluding hydrogens is 399 g/mol. The van der Waals surface area contributed by atoms with Gasteiger partial charge in [0.2, 0.25) is 0 Å². The zero-order valence-corrected chi connectivity index (χ0v) is 17.4. The molecule has 2 nitrogen and oxygen atoms in total. The van der Waals surface area contributed by atoms with Gasteiger partial charge in [-0.15, -0.1) is 0 Å². The van der Waals surface area contributed by atoms with E-state index < -0.39 is 0 Å². The van der Waals surface area contributed by atoms with Crippen molar-refractivity contribution >= 4 is 45.8 Å². The number of rotatable bonds is 4. The molecule has 0 fully saturated rings. The summed E-state index contributed by atoms with van der Waals surface area (Å²) >= 11 is 12.3. The third-order valence-electron chi connectivity index (χ3n) is 5.10. The summed E-state index contributed by atoms with van der Waals surface area (Å²) in [6.45, 7) is 2.76. The van der Waals surface area contributed by atoms with E-state index in [9.17, 15) is 5.26 Å². The van der Waals surface area contributed by atoms with Crippen LogP contribution in [0.5, 0.6) is 0 Å². The van der Waals surface area contributed by atoms with Gasteiger partial charge < -0.3 is 4.57 Å². The highest BCUT2D eigenvalue weighted by molar-refractivity contribution is 6.42. The molecule has 1 aromatic heterocycles. The molecule has 0 bridgehead atoms. The Balaban J connectivity index is 1.86. The highest BCUT2D eigenvalue weighted by Gasteiger charge is 2.14. The number of para-hydroxylation sites is 1. The highest BCUT2D eigenvalue weighted by atomic mass is 35.5. The predicted octanol–water partition coefficient (Wildman–Crippen LogP) is 7.37. The first-order valence-corrected chi connectivity index (χ1v) is 10.0. The normalized spacial score (nSPS) is 11.6. The molecule has 0 aliphatic heterocycles. The lowest BCUT2D eigenvalue weighted by molar-refractivity contribution is 0.804. The van der Waals surface area contributed by atoms with Crippen LogP contribution in [0.4, 0.5) is 0 Å². The number of aromatic nitrogens is 1. The van der Waals surface area contributed by atoms with Gasteiger partial charge in [-0.1, -0.05) is 77.8 Å². The van der Waals surface area contributed by atoms with Crippen LogP contribution in [0, 0.1) is 18.3 Å². The molecule has 0 radical (unpaired) electrons. The lowest BCUT2D eigenvalue weighted by Crippen LogP contribution is -2.02. The minimum Gasteiger partial charge on any atom is -0.340 e. The molecule has 0 N–H and O–H groups in total. The lowest BCUT2D eigenvalue weighted by Gasteiger charge is -2.10. The fraction of sp³-hybridized carbons (Fsp3) is 0.0800. The molecule has 29 heavy (non-hydrogen) atoms. The zero-order chi connectivity index (χ0) is 20.4. The average Bonchev–Trinajstić information content (AvgIpc) is 3.01. The van der Waals surface area contributed by atoms with Crippen molar-refractivity contribution in [2.75, 3.05) is 0 Å². The Morgan fingerprint density at radius 1 is 0.966 bits per heavy atom. The van der Waals surface area contributed by atoms with E-state index in [0.717, 1.165) is 33.3 Å². The van der Waals surface area contributed by atoms with Crippen molar-refractivity contribution in [2.24, 2.45) is 0 Å².